The molecule has 0 unspecified atom stereocenters. The average Bonchev–Trinajstić information content (AvgIpc) is 2.40. The minimum atomic E-state index is -0.919. The highest BCUT2D eigenvalue weighted by molar-refractivity contribution is 5.65. The summed E-state index contributed by atoms with van der Waals surface area (Å²) in [5, 5.41) is 19.2. The summed E-state index contributed by atoms with van der Waals surface area (Å²) in [5.74, 6) is 6.00. The highest BCUT2D eigenvalue weighted by Crippen LogP contribution is 2.25. The maximum Gasteiger partial charge on any atom is 0.407 e. The van der Waals surface area contributed by atoms with Gasteiger partial charge in [0.25, 0.3) is 0 Å². The third kappa shape index (κ3) is 3.73. The van der Waals surface area contributed by atoms with Crippen molar-refractivity contribution in [1.82, 2.24) is 4.90 Å². The lowest BCUT2D eigenvalue weighted by atomic mass is 9.88. The summed E-state index contributed by atoms with van der Waals surface area (Å²) in [5.41, 5.74) is 0.0716. The minimum Gasteiger partial charge on any atom is -0.465 e. The lowest BCUT2D eigenvalue weighted by molar-refractivity contribution is -0.0125. The molecule has 0 bridgehead atoms. The third-order valence-electron chi connectivity index (χ3n) is 3.39. The van der Waals surface area contributed by atoms with E-state index < -0.39 is 11.7 Å². The van der Waals surface area contributed by atoms with E-state index in [1.54, 1.807) is 0 Å². The predicted molar refractivity (Wildman–Crippen MR) is 71.7 cm³/mol. The number of carboxylic acid groups (broad SMARTS) is 1. The van der Waals surface area contributed by atoms with Gasteiger partial charge in [-0.2, -0.15) is 0 Å². The molecule has 1 amide bonds. The summed E-state index contributed by atoms with van der Waals surface area (Å²) in [6, 6.07) is 9.61. The van der Waals surface area contributed by atoms with Crippen LogP contribution in [0.3, 0.4) is 0 Å². The van der Waals surface area contributed by atoms with Crippen molar-refractivity contribution in [3.8, 4) is 11.8 Å². The van der Waals surface area contributed by atoms with Gasteiger partial charge in [-0.25, -0.2) is 4.79 Å². The quantitative estimate of drug-likeness (QED) is 0.758. The van der Waals surface area contributed by atoms with E-state index in [-0.39, 0.29) is 0 Å². The molecule has 0 spiro atoms. The van der Waals surface area contributed by atoms with Gasteiger partial charge in [0, 0.05) is 25.1 Å². The summed E-state index contributed by atoms with van der Waals surface area (Å²) < 4.78 is 0. The molecule has 1 heterocycles. The van der Waals surface area contributed by atoms with Crippen molar-refractivity contribution in [3.63, 3.8) is 0 Å². The van der Waals surface area contributed by atoms with E-state index in [0.29, 0.717) is 32.4 Å². The number of amides is 1. The van der Waals surface area contributed by atoms with Crippen molar-refractivity contribution >= 4 is 6.09 Å². The van der Waals surface area contributed by atoms with Crippen LogP contribution in [0.4, 0.5) is 4.79 Å². The van der Waals surface area contributed by atoms with Crippen LogP contribution >= 0.6 is 0 Å². The van der Waals surface area contributed by atoms with E-state index in [2.05, 4.69) is 11.8 Å². The van der Waals surface area contributed by atoms with Crippen LogP contribution in [0, 0.1) is 11.8 Å². The number of nitrogens with zero attached hydrogens (tertiary/aromatic N) is 1. The Balaban J connectivity index is 1.90. The van der Waals surface area contributed by atoms with Crippen molar-refractivity contribution in [2.24, 2.45) is 0 Å². The normalized spacial score (nSPS) is 17.4. The van der Waals surface area contributed by atoms with E-state index in [9.17, 15) is 9.90 Å². The van der Waals surface area contributed by atoms with E-state index in [1.807, 2.05) is 30.3 Å². The van der Waals surface area contributed by atoms with Gasteiger partial charge in [0.05, 0.1) is 5.60 Å². The maximum atomic E-state index is 10.8. The molecule has 0 atom stereocenters. The second kappa shape index (κ2) is 5.77. The fourth-order valence-electron chi connectivity index (χ4n) is 2.12. The molecule has 0 aromatic heterocycles. The highest BCUT2D eigenvalue weighted by Gasteiger charge is 2.33. The Morgan fingerprint density at radius 1 is 1.26 bits per heavy atom. The molecule has 19 heavy (non-hydrogen) atoms. The summed E-state index contributed by atoms with van der Waals surface area (Å²) in [6.07, 6.45) is 0.360. The summed E-state index contributed by atoms with van der Waals surface area (Å²) in [6.45, 7) is 0.748. The zero-order valence-electron chi connectivity index (χ0n) is 10.7. The number of benzene rings is 1. The van der Waals surface area contributed by atoms with Gasteiger partial charge in [-0.05, 0) is 25.0 Å². The molecule has 4 nitrogen and oxygen atoms in total. The lowest BCUT2D eigenvalue weighted by Crippen LogP contribution is -2.46. The van der Waals surface area contributed by atoms with Gasteiger partial charge in [0.1, 0.15) is 0 Å². The number of likely N-dealkylation sites (tertiary alicyclic amines) is 1. The van der Waals surface area contributed by atoms with Gasteiger partial charge in [-0.15, -0.1) is 0 Å². The van der Waals surface area contributed by atoms with Crippen LogP contribution in [-0.4, -0.2) is 39.9 Å². The van der Waals surface area contributed by atoms with Gasteiger partial charge in [-0.3, -0.25) is 0 Å². The first-order chi connectivity index (χ1) is 9.09. The van der Waals surface area contributed by atoms with Crippen molar-refractivity contribution in [2.75, 3.05) is 13.1 Å². The van der Waals surface area contributed by atoms with Gasteiger partial charge in [0.15, 0.2) is 0 Å². The van der Waals surface area contributed by atoms with Crippen molar-refractivity contribution < 1.29 is 15.0 Å². The topological polar surface area (TPSA) is 60.8 Å². The summed E-state index contributed by atoms with van der Waals surface area (Å²) in [4.78, 5) is 12.1. The standard InChI is InChI=1S/C15H17NO3/c17-14(18)16-11-9-15(19,10-12-16)8-4-7-13-5-2-1-3-6-13/h1-3,5-6,19H,8-12H2,(H,17,18). The number of piperidine rings is 1. The molecule has 1 aromatic rings. The molecule has 2 rings (SSSR count). The van der Waals surface area contributed by atoms with Gasteiger partial charge >= 0.3 is 6.09 Å². The highest BCUT2D eigenvalue weighted by atomic mass is 16.4. The fraction of sp³-hybridized carbons (Fsp3) is 0.400. The monoisotopic (exact) mass is 259 g/mol. The van der Waals surface area contributed by atoms with Crippen molar-refractivity contribution in [1.29, 1.82) is 0 Å². The fourth-order valence-corrected chi connectivity index (χ4v) is 2.12. The number of hydrogen-bond donors (Lipinski definition) is 2. The molecule has 0 aliphatic carbocycles. The third-order valence-corrected chi connectivity index (χ3v) is 3.39. The zero-order valence-corrected chi connectivity index (χ0v) is 10.7. The van der Waals surface area contributed by atoms with E-state index in [0.717, 1.165) is 5.56 Å². The molecule has 0 saturated carbocycles. The molecule has 1 fully saturated rings. The Labute approximate surface area is 112 Å². The van der Waals surface area contributed by atoms with Crippen LogP contribution in [0.15, 0.2) is 30.3 Å². The molecule has 1 aliphatic heterocycles. The molecule has 1 saturated heterocycles. The first-order valence-corrected chi connectivity index (χ1v) is 6.33. The predicted octanol–water partition coefficient (Wildman–Crippen LogP) is 1.93. The van der Waals surface area contributed by atoms with Crippen LogP contribution in [0.5, 0.6) is 0 Å². The summed E-state index contributed by atoms with van der Waals surface area (Å²) >= 11 is 0. The Kier molecular flexibility index (Phi) is 4.08. The Hall–Kier alpha value is -1.99. The van der Waals surface area contributed by atoms with Gasteiger partial charge < -0.3 is 15.1 Å². The molecular weight excluding hydrogens is 242 g/mol. The van der Waals surface area contributed by atoms with Gasteiger partial charge in [-0.1, -0.05) is 30.0 Å². The second-order valence-electron chi connectivity index (χ2n) is 4.84. The minimum absolute atomic E-state index is 0.374. The Morgan fingerprint density at radius 3 is 2.47 bits per heavy atom. The van der Waals surface area contributed by atoms with Crippen molar-refractivity contribution in [3.05, 3.63) is 35.9 Å². The average molecular weight is 259 g/mol. The zero-order chi connectivity index (χ0) is 13.7. The molecule has 4 heteroatoms. The number of hydrogen-bond acceptors (Lipinski definition) is 2. The Bertz CT molecular complexity index is 493. The smallest absolute Gasteiger partial charge is 0.407 e. The first kappa shape index (κ1) is 13.4. The number of carbonyl (C=O) groups is 1. The van der Waals surface area contributed by atoms with Crippen LogP contribution < -0.4 is 0 Å². The SMILES string of the molecule is O=C(O)N1CCC(O)(CC#Cc2ccccc2)CC1. The Morgan fingerprint density at radius 2 is 1.89 bits per heavy atom. The number of aliphatic hydroxyl groups is 1. The van der Waals surface area contributed by atoms with Crippen LogP contribution in [0.25, 0.3) is 0 Å². The largest absolute Gasteiger partial charge is 0.465 e. The van der Waals surface area contributed by atoms with Crippen LogP contribution in [-0.2, 0) is 0 Å². The molecule has 2 N–H and O–H groups in total. The molecule has 1 aromatic carbocycles. The van der Waals surface area contributed by atoms with Gasteiger partial charge in [0.2, 0.25) is 0 Å². The molecule has 0 radical (unpaired) electrons. The van der Waals surface area contributed by atoms with Crippen molar-refractivity contribution in [2.45, 2.75) is 24.9 Å². The van der Waals surface area contributed by atoms with Crippen LogP contribution in [0.1, 0.15) is 24.8 Å². The molecule has 1 aliphatic rings. The lowest BCUT2D eigenvalue weighted by Gasteiger charge is -2.35. The second-order valence-corrected chi connectivity index (χ2v) is 4.84. The molecule has 100 valence electrons. The van der Waals surface area contributed by atoms with E-state index in [4.69, 9.17) is 5.11 Å². The maximum absolute atomic E-state index is 10.8. The van der Waals surface area contributed by atoms with E-state index in [1.165, 1.54) is 4.90 Å². The first-order valence-electron chi connectivity index (χ1n) is 6.33. The molecular formula is C15H17NO3. The van der Waals surface area contributed by atoms with Crippen LogP contribution in [0.2, 0.25) is 0 Å². The van der Waals surface area contributed by atoms with E-state index >= 15 is 0 Å². The number of rotatable bonds is 1. The summed E-state index contributed by atoms with van der Waals surface area (Å²) in [7, 11) is 0.